The van der Waals surface area contributed by atoms with Gasteiger partial charge in [0.05, 0.1) is 18.5 Å². The smallest absolute Gasteiger partial charge is 0.328 e. The van der Waals surface area contributed by atoms with Crippen LogP contribution in [0.5, 0.6) is 5.75 Å². The van der Waals surface area contributed by atoms with Crippen LogP contribution in [-0.4, -0.2) is 27.6 Å². The van der Waals surface area contributed by atoms with E-state index in [1.54, 1.807) is 24.5 Å². The lowest BCUT2D eigenvalue weighted by Gasteiger charge is -2.06. The van der Waals surface area contributed by atoms with Gasteiger partial charge < -0.3 is 9.84 Å². The minimum atomic E-state index is -0.983. The number of fused-ring (bicyclic) bond motifs is 1. The van der Waals surface area contributed by atoms with Crippen molar-refractivity contribution in [2.45, 2.75) is 13.8 Å². The number of benzene rings is 1. The van der Waals surface area contributed by atoms with Crippen molar-refractivity contribution in [1.82, 2.24) is 9.38 Å². The van der Waals surface area contributed by atoms with Gasteiger partial charge in [0, 0.05) is 22.7 Å². The number of aromatic nitrogens is 2. The highest BCUT2D eigenvalue weighted by molar-refractivity contribution is 7.17. The van der Waals surface area contributed by atoms with Crippen molar-refractivity contribution < 1.29 is 14.6 Å². The van der Waals surface area contributed by atoms with Crippen molar-refractivity contribution in [3.63, 3.8) is 0 Å². The molecule has 0 atom stereocenters. The van der Waals surface area contributed by atoms with Gasteiger partial charge in [-0.2, -0.15) is 0 Å². The number of carbonyl (C=O) groups is 1. The van der Waals surface area contributed by atoms with Gasteiger partial charge >= 0.3 is 5.97 Å². The van der Waals surface area contributed by atoms with E-state index in [0.29, 0.717) is 0 Å². The van der Waals surface area contributed by atoms with Crippen LogP contribution in [0.3, 0.4) is 0 Å². The number of methoxy groups -OCH3 is 1. The monoisotopic (exact) mass is 328 g/mol. The average Bonchev–Trinajstić information content (AvgIpc) is 3.01. The van der Waals surface area contributed by atoms with Crippen LogP contribution in [0.25, 0.3) is 22.3 Å². The SMILES string of the molecule is COc1ccc(-c2nc3sc(C)cn3c2/C=C/C(=O)O)cc1C. The van der Waals surface area contributed by atoms with Gasteiger partial charge in [0.1, 0.15) is 5.75 Å². The van der Waals surface area contributed by atoms with Crippen LogP contribution >= 0.6 is 11.3 Å². The lowest BCUT2D eigenvalue weighted by Crippen LogP contribution is -1.91. The molecular weight excluding hydrogens is 312 g/mol. The molecule has 2 aromatic heterocycles. The third-order valence-corrected chi connectivity index (χ3v) is 4.43. The summed E-state index contributed by atoms with van der Waals surface area (Å²) in [6.45, 7) is 3.97. The summed E-state index contributed by atoms with van der Waals surface area (Å²) in [5, 5.41) is 8.93. The number of imidazole rings is 1. The second-order valence-corrected chi connectivity index (χ2v) is 6.41. The molecule has 118 valence electrons. The Morgan fingerprint density at radius 2 is 2.17 bits per heavy atom. The number of thiazole rings is 1. The lowest BCUT2D eigenvalue weighted by molar-refractivity contribution is -0.131. The number of hydrogen-bond donors (Lipinski definition) is 1. The van der Waals surface area contributed by atoms with E-state index in [0.717, 1.165) is 44.2 Å². The molecule has 3 rings (SSSR count). The molecule has 2 heterocycles. The number of ether oxygens (including phenoxy) is 1. The van der Waals surface area contributed by atoms with E-state index in [4.69, 9.17) is 9.84 Å². The molecule has 0 amide bonds. The highest BCUT2D eigenvalue weighted by Crippen LogP contribution is 2.31. The van der Waals surface area contributed by atoms with Crippen LogP contribution < -0.4 is 4.74 Å². The van der Waals surface area contributed by atoms with Crippen LogP contribution in [0.4, 0.5) is 0 Å². The normalized spacial score (nSPS) is 11.4. The van der Waals surface area contributed by atoms with Crippen LogP contribution in [0.1, 0.15) is 16.1 Å². The molecule has 0 saturated carbocycles. The van der Waals surface area contributed by atoms with Gasteiger partial charge in [0.15, 0.2) is 4.96 Å². The fraction of sp³-hybridized carbons (Fsp3) is 0.176. The average molecular weight is 328 g/mol. The maximum atomic E-state index is 10.9. The molecule has 0 radical (unpaired) electrons. The summed E-state index contributed by atoms with van der Waals surface area (Å²) in [6.07, 6.45) is 4.69. The minimum Gasteiger partial charge on any atom is -0.496 e. The quantitative estimate of drug-likeness (QED) is 0.740. The highest BCUT2D eigenvalue weighted by Gasteiger charge is 2.15. The Bertz CT molecular complexity index is 921. The van der Waals surface area contributed by atoms with Crippen LogP contribution in [0, 0.1) is 13.8 Å². The van der Waals surface area contributed by atoms with E-state index < -0.39 is 5.97 Å². The Hall–Kier alpha value is -2.60. The van der Waals surface area contributed by atoms with E-state index in [1.165, 1.54) is 0 Å². The summed E-state index contributed by atoms with van der Waals surface area (Å²) in [5.41, 5.74) is 3.46. The molecule has 0 aliphatic carbocycles. The first-order chi connectivity index (χ1) is 11.0. The summed E-state index contributed by atoms with van der Waals surface area (Å²) in [4.78, 5) is 17.5. The van der Waals surface area contributed by atoms with Gasteiger partial charge in [-0.15, -0.1) is 11.3 Å². The molecule has 0 fully saturated rings. The standard InChI is InChI=1S/C17H16N2O3S/c1-10-8-12(4-6-14(10)22-3)16-13(5-7-15(20)21)19-9-11(2)23-17(19)18-16/h4-9H,1-3H3,(H,20,21)/b7-5+. The van der Waals surface area contributed by atoms with Crippen LogP contribution in [-0.2, 0) is 4.79 Å². The molecule has 5 nitrogen and oxygen atoms in total. The second kappa shape index (κ2) is 5.89. The van der Waals surface area contributed by atoms with Crippen molar-refractivity contribution in [1.29, 1.82) is 0 Å². The number of carboxylic acid groups (broad SMARTS) is 1. The zero-order valence-electron chi connectivity index (χ0n) is 13.0. The van der Waals surface area contributed by atoms with Gasteiger partial charge in [-0.1, -0.05) is 0 Å². The Kier molecular flexibility index (Phi) is 3.92. The van der Waals surface area contributed by atoms with E-state index in [9.17, 15) is 4.79 Å². The fourth-order valence-corrected chi connectivity index (χ4v) is 3.35. The third kappa shape index (κ3) is 2.85. The zero-order chi connectivity index (χ0) is 16.6. The molecule has 6 heteroatoms. The molecule has 1 aromatic carbocycles. The Morgan fingerprint density at radius 3 is 2.83 bits per heavy atom. The first kappa shape index (κ1) is 15.3. The zero-order valence-corrected chi connectivity index (χ0v) is 13.8. The first-order valence-electron chi connectivity index (χ1n) is 7.04. The first-order valence-corrected chi connectivity index (χ1v) is 7.85. The topological polar surface area (TPSA) is 63.8 Å². The predicted molar refractivity (Wildman–Crippen MR) is 91.2 cm³/mol. The van der Waals surface area contributed by atoms with Crippen molar-refractivity contribution in [2.75, 3.05) is 7.11 Å². The fourth-order valence-electron chi connectivity index (χ4n) is 2.52. The van der Waals surface area contributed by atoms with Gasteiger partial charge in [-0.25, -0.2) is 9.78 Å². The molecule has 0 bridgehead atoms. The minimum absolute atomic E-state index is 0.760. The number of rotatable bonds is 4. The summed E-state index contributed by atoms with van der Waals surface area (Å²) in [5.74, 6) is -0.169. The second-order valence-electron chi connectivity index (χ2n) is 5.20. The molecule has 0 aliphatic heterocycles. The Morgan fingerprint density at radius 1 is 1.39 bits per heavy atom. The van der Waals surface area contributed by atoms with E-state index in [-0.39, 0.29) is 0 Å². The van der Waals surface area contributed by atoms with Gasteiger partial charge in [-0.05, 0) is 43.7 Å². The molecule has 23 heavy (non-hydrogen) atoms. The number of carboxylic acids is 1. The van der Waals surface area contributed by atoms with Gasteiger partial charge in [0.2, 0.25) is 0 Å². The van der Waals surface area contributed by atoms with Gasteiger partial charge in [-0.3, -0.25) is 4.40 Å². The van der Waals surface area contributed by atoms with Crippen molar-refractivity contribution in [3.05, 3.63) is 46.6 Å². The summed E-state index contributed by atoms with van der Waals surface area (Å²) in [7, 11) is 1.64. The molecule has 0 spiro atoms. The molecule has 0 aliphatic rings. The van der Waals surface area contributed by atoms with Crippen molar-refractivity contribution in [2.24, 2.45) is 0 Å². The maximum absolute atomic E-state index is 10.9. The summed E-state index contributed by atoms with van der Waals surface area (Å²) < 4.78 is 7.21. The van der Waals surface area contributed by atoms with E-state index in [2.05, 4.69) is 4.98 Å². The van der Waals surface area contributed by atoms with Crippen molar-refractivity contribution in [3.8, 4) is 17.0 Å². The summed E-state index contributed by atoms with van der Waals surface area (Å²) >= 11 is 1.57. The van der Waals surface area contributed by atoms with Crippen LogP contribution in [0.15, 0.2) is 30.5 Å². The molecule has 1 N–H and O–H groups in total. The van der Waals surface area contributed by atoms with E-state index in [1.807, 2.05) is 42.6 Å². The lowest BCUT2D eigenvalue weighted by atomic mass is 10.1. The van der Waals surface area contributed by atoms with Crippen molar-refractivity contribution >= 4 is 28.3 Å². The highest BCUT2D eigenvalue weighted by atomic mass is 32.1. The van der Waals surface area contributed by atoms with Gasteiger partial charge in [0.25, 0.3) is 0 Å². The predicted octanol–water partition coefficient (Wildman–Crippen LogP) is 3.79. The number of aryl methyl sites for hydroxylation is 2. The Labute approximate surface area is 137 Å². The molecular formula is C17H16N2O3S. The Balaban J connectivity index is 2.20. The number of hydrogen-bond acceptors (Lipinski definition) is 4. The van der Waals surface area contributed by atoms with E-state index >= 15 is 0 Å². The maximum Gasteiger partial charge on any atom is 0.328 e. The summed E-state index contributed by atoms with van der Waals surface area (Å²) in [6, 6.07) is 5.83. The largest absolute Gasteiger partial charge is 0.496 e. The van der Waals surface area contributed by atoms with Crippen LogP contribution in [0.2, 0.25) is 0 Å². The molecule has 3 aromatic rings. The third-order valence-electron chi connectivity index (χ3n) is 3.53. The number of aliphatic carboxylic acids is 1. The number of nitrogens with zero attached hydrogens (tertiary/aromatic N) is 2. The molecule has 0 unspecified atom stereocenters. The molecule has 0 saturated heterocycles.